The summed E-state index contributed by atoms with van der Waals surface area (Å²) < 4.78 is 11.5. The zero-order valence-corrected chi connectivity index (χ0v) is 19.2. The van der Waals surface area contributed by atoms with Crippen molar-refractivity contribution in [3.63, 3.8) is 0 Å². The molecule has 2 aliphatic rings. The molecule has 2 atom stereocenters. The molecule has 5 rings (SSSR count). The van der Waals surface area contributed by atoms with Gasteiger partial charge in [-0.05, 0) is 43.2 Å². The van der Waals surface area contributed by atoms with Crippen molar-refractivity contribution in [3.05, 3.63) is 82.1 Å². The van der Waals surface area contributed by atoms with Gasteiger partial charge in [-0.1, -0.05) is 29.8 Å². The minimum absolute atomic E-state index is 0.0264. The van der Waals surface area contributed by atoms with E-state index in [0.717, 1.165) is 18.5 Å². The molecule has 7 nitrogen and oxygen atoms in total. The van der Waals surface area contributed by atoms with E-state index in [4.69, 9.17) is 21.1 Å². The third kappa shape index (κ3) is 4.68. The summed E-state index contributed by atoms with van der Waals surface area (Å²) in [6.45, 7) is 0.752. The number of Topliss-reactive ketones (excluding diaryl/α,β-unsaturated/α-hetero) is 1. The van der Waals surface area contributed by atoms with E-state index in [1.165, 1.54) is 0 Å². The molecule has 2 N–H and O–H groups in total. The fraction of sp³-hybridized carbons (Fsp3) is 0.269. The lowest BCUT2D eigenvalue weighted by Gasteiger charge is -2.29. The lowest BCUT2D eigenvalue weighted by atomic mass is 10.0. The number of para-hydroxylation sites is 1. The van der Waals surface area contributed by atoms with Gasteiger partial charge in [-0.3, -0.25) is 9.79 Å². The minimum atomic E-state index is -0.185. The van der Waals surface area contributed by atoms with E-state index in [1.807, 2.05) is 36.4 Å². The van der Waals surface area contributed by atoms with Crippen LogP contribution in [0.15, 0.2) is 65.8 Å². The van der Waals surface area contributed by atoms with E-state index in [2.05, 4.69) is 15.3 Å². The van der Waals surface area contributed by atoms with Crippen LogP contribution < -0.4 is 20.8 Å². The number of benzene rings is 2. The number of aliphatic hydroxyl groups is 1. The Morgan fingerprint density at radius 2 is 2.00 bits per heavy atom. The third-order valence-corrected chi connectivity index (χ3v) is 6.30. The molecule has 3 aromatic rings. The summed E-state index contributed by atoms with van der Waals surface area (Å²) in [6, 6.07) is 16.4. The fourth-order valence-electron chi connectivity index (χ4n) is 4.22. The lowest BCUT2D eigenvalue weighted by Crippen LogP contribution is -2.39. The van der Waals surface area contributed by atoms with Crippen LogP contribution in [0.2, 0.25) is 5.02 Å². The first kappa shape index (κ1) is 22.5. The van der Waals surface area contributed by atoms with Gasteiger partial charge in [-0.15, -0.1) is 0 Å². The molecule has 2 aromatic carbocycles. The van der Waals surface area contributed by atoms with E-state index >= 15 is 0 Å². The number of rotatable bonds is 7. The molecule has 0 unspecified atom stereocenters. The van der Waals surface area contributed by atoms with Crippen molar-refractivity contribution in [3.8, 4) is 11.5 Å². The van der Waals surface area contributed by atoms with Crippen molar-refractivity contribution in [1.29, 1.82) is 0 Å². The summed E-state index contributed by atoms with van der Waals surface area (Å²) in [5.41, 5.74) is 2.28. The quantitative estimate of drug-likeness (QED) is 0.508. The summed E-state index contributed by atoms with van der Waals surface area (Å²) in [5, 5.41) is 13.8. The Morgan fingerprint density at radius 3 is 2.74 bits per heavy atom. The van der Waals surface area contributed by atoms with E-state index in [1.54, 1.807) is 24.4 Å². The molecule has 3 heterocycles. The van der Waals surface area contributed by atoms with Gasteiger partial charge in [0, 0.05) is 35.1 Å². The maximum absolute atomic E-state index is 13.5. The molecule has 0 radical (unpaired) electrons. The molecule has 1 aromatic heterocycles. The van der Waals surface area contributed by atoms with Crippen LogP contribution in [0.5, 0.6) is 11.5 Å². The number of pyridine rings is 1. The van der Waals surface area contributed by atoms with Crippen LogP contribution in [0.3, 0.4) is 0 Å². The first-order chi connectivity index (χ1) is 16.6. The normalized spacial score (nSPS) is 19.3. The first-order valence-electron chi connectivity index (χ1n) is 11.2. The molecule has 8 heteroatoms. The highest BCUT2D eigenvalue weighted by atomic mass is 35.5. The highest BCUT2D eigenvalue weighted by molar-refractivity contribution is 6.38. The largest absolute Gasteiger partial charge is 0.457 e. The van der Waals surface area contributed by atoms with Crippen molar-refractivity contribution < 1.29 is 19.4 Å². The summed E-state index contributed by atoms with van der Waals surface area (Å²) in [4.78, 5) is 22.3. The summed E-state index contributed by atoms with van der Waals surface area (Å²) in [6.07, 6.45) is 3.20. The van der Waals surface area contributed by atoms with Gasteiger partial charge in [0.1, 0.15) is 11.5 Å². The van der Waals surface area contributed by atoms with E-state index in [-0.39, 0.29) is 31.1 Å². The van der Waals surface area contributed by atoms with Crippen molar-refractivity contribution >= 4 is 28.6 Å². The maximum Gasteiger partial charge on any atom is 0.193 e. The number of aromatic nitrogens is 1. The van der Waals surface area contributed by atoms with E-state index in [0.29, 0.717) is 45.0 Å². The SMILES string of the molecule is O=C(C1=c2c(N[C@@H]3CC[C@@H](CO)OC3)ccnc2=NC1)c1ccc(Oc2ccccc2)cc1Cl. The van der Waals surface area contributed by atoms with Gasteiger partial charge in [0.25, 0.3) is 0 Å². The predicted octanol–water partition coefficient (Wildman–Crippen LogP) is 3.15. The van der Waals surface area contributed by atoms with Crippen LogP contribution in [0.1, 0.15) is 23.2 Å². The van der Waals surface area contributed by atoms with Crippen molar-refractivity contribution in [2.75, 3.05) is 25.1 Å². The number of nitrogens with zero attached hydrogens (tertiary/aromatic N) is 2. The Kier molecular flexibility index (Phi) is 6.58. The molecule has 0 spiro atoms. The van der Waals surface area contributed by atoms with Gasteiger partial charge < -0.3 is 19.9 Å². The number of carbonyl (C=O) groups excluding carboxylic acids is 1. The zero-order valence-electron chi connectivity index (χ0n) is 18.4. The second kappa shape index (κ2) is 9.93. The van der Waals surface area contributed by atoms with Crippen LogP contribution in [0, 0.1) is 0 Å². The van der Waals surface area contributed by atoms with Gasteiger partial charge in [0.05, 0.1) is 36.1 Å². The smallest absolute Gasteiger partial charge is 0.193 e. The number of hydrogen-bond donors (Lipinski definition) is 2. The fourth-order valence-corrected chi connectivity index (χ4v) is 4.48. The summed E-state index contributed by atoms with van der Waals surface area (Å²) >= 11 is 6.51. The van der Waals surface area contributed by atoms with Crippen molar-refractivity contribution in [2.24, 2.45) is 4.99 Å². The van der Waals surface area contributed by atoms with Crippen LogP contribution in [-0.4, -0.2) is 47.8 Å². The number of carbonyl (C=O) groups is 1. The molecule has 0 amide bonds. The van der Waals surface area contributed by atoms with Crippen LogP contribution in [0.4, 0.5) is 5.69 Å². The number of hydrogen-bond acceptors (Lipinski definition) is 7. The number of nitrogens with one attached hydrogen (secondary N) is 1. The van der Waals surface area contributed by atoms with E-state index in [9.17, 15) is 9.90 Å². The number of halogens is 1. The Morgan fingerprint density at radius 1 is 1.15 bits per heavy atom. The van der Waals surface area contributed by atoms with Crippen LogP contribution >= 0.6 is 11.6 Å². The molecule has 0 bridgehead atoms. The molecule has 0 saturated carbocycles. The first-order valence-corrected chi connectivity index (χ1v) is 11.6. The maximum atomic E-state index is 13.5. The Labute approximate surface area is 201 Å². The standard InChI is InChI=1S/C26H24ClN3O4/c27-22-12-18(34-17-4-2-1-3-5-17)8-9-20(22)25(32)21-13-29-26-24(21)23(10-11-28-26)30-16-6-7-19(14-31)33-15-16/h1-5,8-12,16,19,30-31H,6-7,13-15H2/t16-,19+/m1/s1. The number of ether oxygens (including phenoxy) is 2. The van der Waals surface area contributed by atoms with Crippen molar-refractivity contribution in [2.45, 2.75) is 25.0 Å². The highest BCUT2D eigenvalue weighted by Gasteiger charge is 2.25. The molecule has 2 aliphatic heterocycles. The minimum Gasteiger partial charge on any atom is -0.457 e. The highest BCUT2D eigenvalue weighted by Crippen LogP contribution is 2.28. The average Bonchev–Trinajstić information content (AvgIpc) is 3.30. The number of fused-ring (bicyclic) bond motifs is 1. The zero-order chi connectivity index (χ0) is 23.5. The number of ketones is 1. The van der Waals surface area contributed by atoms with Gasteiger partial charge in [-0.25, -0.2) is 4.98 Å². The van der Waals surface area contributed by atoms with E-state index < -0.39 is 0 Å². The predicted molar refractivity (Wildman–Crippen MR) is 129 cm³/mol. The Balaban J connectivity index is 1.42. The summed E-state index contributed by atoms with van der Waals surface area (Å²) in [5.74, 6) is 1.06. The van der Waals surface area contributed by atoms with Gasteiger partial charge in [0.2, 0.25) is 0 Å². The van der Waals surface area contributed by atoms with Gasteiger partial charge in [0.15, 0.2) is 11.3 Å². The molecular weight excluding hydrogens is 454 g/mol. The average molecular weight is 478 g/mol. The molecule has 34 heavy (non-hydrogen) atoms. The number of aliphatic hydroxyl groups excluding tert-OH is 1. The van der Waals surface area contributed by atoms with Gasteiger partial charge in [-0.2, -0.15) is 0 Å². The van der Waals surface area contributed by atoms with Crippen LogP contribution in [-0.2, 0) is 4.74 Å². The Bertz CT molecular complexity index is 1320. The second-order valence-corrected chi connectivity index (χ2v) is 8.70. The monoisotopic (exact) mass is 477 g/mol. The molecule has 1 saturated heterocycles. The summed E-state index contributed by atoms with van der Waals surface area (Å²) in [7, 11) is 0. The molecular formula is C26H24ClN3O4. The lowest BCUT2D eigenvalue weighted by molar-refractivity contribution is -0.0223. The number of anilines is 1. The topological polar surface area (TPSA) is 93.0 Å². The molecule has 174 valence electrons. The third-order valence-electron chi connectivity index (χ3n) is 5.99. The molecule has 0 aliphatic carbocycles. The van der Waals surface area contributed by atoms with Crippen LogP contribution in [0.25, 0.3) is 5.57 Å². The van der Waals surface area contributed by atoms with Crippen molar-refractivity contribution in [1.82, 2.24) is 4.98 Å². The van der Waals surface area contributed by atoms with Gasteiger partial charge >= 0.3 is 0 Å². The molecule has 1 fully saturated rings. The Hall–Kier alpha value is -3.26. The second-order valence-electron chi connectivity index (χ2n) is 8.29.